The maximum absolute atomic E-state index is 4.32. The molecule has 0 fully saturated rings. The van der Waals surface area contributed by atoms with Crippen LogP contribution in [0.1, 0.15) is 17.5 Å². The molecule has 0 saturated heterocycles. The van der Waals surface area contributed by atoms with E-state index in [0.29, 0.717) is 6.04 Å². The highest BCUT2D eigenvalue weighted by molar-refractivity contribution is 5.80. The van der Waals surface area contributed by atoms with Crippen molar-refractivity contribution in [2.45, 2.75) is 25.3 Å². The molecule has 6 heteroatoms. The lowest BCUT2D eigenvalue weighted by atomic mass is 9.88. The number of aryl methyl sites for hydroxylation is 1. The van der Waals surface area contributed by atoms with E-state index in [0.717, 1.165) is 44.1 Å². The van der Waals surface area contributed by atoms with Crippen molar-refractivity contribution in [3.63, 3.8) is 0 Å². The van der Waals surface area contributed by atoms with Crippen molar-refractivity contribution in [2.24, 2.45) is 4.99 Å². The number of guanidine groups is 1. The Morgan fingerprint density at radius 2 is 2.08 bits per heavy atom. The van der Waals surface area contributed by atoms with Gasteiger partial charge < -0.3 is 16.0 Å². The predicted molar refractivity (Wildman–Crippen MR) is 97.3 cm³/mol. The average molecular weight is 324 g/mol. The number of hydrogen-bond acceptors (Lipinski definition) is 4. The van der Waals surface area contributed by atoms with Crippen LogP contribution in [0.2, 0.25) is 0 Å². The smallest absolute Gasteiger partial charge is 0.191 e. The van der Waals surface area contributed by atoms with Gasteiger partial charge in [0.1, 0.15) is 5.82 Å². The Balaban J connectivity index is 1.42. The van der Waals surface area contributed by atoms with Crippen LogP contribution in [0.3, 0.4) is 0 Å². The first kappa shape index (κ1) is 16.2. The molecule has 2 aromatic rings. The van der Waals surface area contributed by atoms with Crippen LogP contribution in [0.5, 0.6) is 0 Å². The Bertz CT molecular complexity index is 670. The number of nitrogens with zero attached hydrogens (tertiary/aromatic N) is 3. The fourth-order valence-electron chi connectivity index (χ4n) is 2.97. The zero-order chi connectivity index (χ0) is 16.6. The largest absolute Gasteiger partial charge is 0.367 e. The topological polar surface area (TPSA) is 74.2 Å². The molecule has 126 valence electrons. The number of nitrogens with one attached hydrogen (secondary N) is 3. The highest BCUT2D eigenvalue weighted by Gasteiger charge is 2.18. The van der Waals surface area contributed by atoms with Crippen LogP contribution >= 0.6 is 0 Å². The third-order valence-corrected chi connectivity index (χ3v) is 4.20. The Morgan fingerprint density at radius 1 is 1.21 bits per heavy atom. The molecule has 1 unspecified atom stereocenters. The number of aromatic nitrogens is 2. The summed E-state index contributed by atoms with van der Waals surface area (Å²) in [5, 5.41) is 10.1. The minimum absolute atomic E-state index is 0.430. The fraction of sp³-hybridized carbons (Fsp3) is 0.389. The standard InChI is InChI=1S/C18H24N6/c1-19-18(23-11-10-22-17-13-20-8-9-21-17)24-16-7-6-14-4-2-3-5-15(14)12-16/h2-5,8-9,13,16H,6-7,10-12H2,1H3,(H,21,22)(H2,19,23,24). The quantitative estimate of drug-likeness (QED) is 0.443. The van der Waals surface area contributed by atoms with Gasteiger partial charge in [-0.15, -0.1) is 0 Å². The summed E-state index contributed by atoms with van der Waals surface area (Å²) in [7, 11) is 1.81. The second-order valence-electron chi connectivity index (χ2n) is 5.87. The van der Waals surface area contributed by atoms with E-state index in [1.165, 1.54) is 11.1 Å². The number of benzene rings is 1. The molecule has 0 saturated carbocycles. The van der Waals surface area contributed by atoms with Gasteiger partial charge in [-0.05, 0) is 30.4 Å². The summed E-state index contributed by atoms with van der Waals surface area (Å²) in [5.41, 5.74) is 2.92. The van der Waals surface area contributed by atoms with Crippen LogP contribution in [0, 0.1) is 0 Å². The Kier molecular flexibility index (Phi) is 5.61. The second-order valence-corrected chi connectivity index (χ2v) is 5.87. The molecule has 3 N–H and O–H groups in total. The molecule has 24 heavy (non-hydrogen) atoms. The minimum atomic E-state index is 0.430. The van der Waals surface area contributed by atoms with Crippen molar-refractivity contribution in [1.29, 1.82) is 0 Å². The summed E-state index contributed by atoms with van der Waals surface area (Å²) in [4.78, 5) is 12.5. The Hall–Kier alpha value is -2.63. The van der Waals surface area contributed by atoms with Gasteiger partial charge in [-0.2, -0.15) is 0 Å². The summed E-state index contributed by atoms with van der Waals surface area (Å²) in [6.07, 6.45) is 8.37. The van der Waals surface area contributed by atoms with E-state index in [1.54, 1.807) is 18.6 Å². The Morgan fingerprint density at radius 3 is 2.88 bits per heavy atom. The number of fused-ring (bicyclic) bond motifs is 1. The maximum Gasteiger partial charge on any atom is 0.191 e. The monoisotopic (exact) mass is 324 g/mol. The lowest BCUT2D eigenvalue weighted by Gasteiger charge is -2.27. The van der Waals surface area contributed by atoms with E-state index in [1.807, 2.05) is 7.05 Å². The number of anilines is 1. The maximum atomic E-state index is 4.32. The van der Waals surface area contributed by atoms with Crippen molar-refractivity contribution in [3.8, 4) is 0 Å². The van der Waals surface area contributed by atoms with Gasteiger partial charge in [0.2, 0.25) is 0 Å². The summed E-state index contributed by atoms with van der Waals surface area (Å²) in [6.45, 7) is 1.52. The number of aliphatic imine (C=N–C) groups is 1. The van der Waals surface area contributed by atoms with Gasteiger partial charge >= 0.3 is 0 Å². The van der Waals surface area contributed by atoms with E-state index in [-0.39, 0.29) is 0 Å². The van der Waals surface area contributed by atoms with Crippen LogP contribution in [-0.4, -0.2) is 42.1 Å². The highest BCUT2D eigenvalue weighted by atomic mass is 15.2. The van der Waals surface area contributed by atoms with Crippen LogP contribution in [-0.2, 0) is 12.8 Å². The molecule has 3 rings (SSSR count). The van der Waals surface area contributed by atoms with E-state index >= 15 is 0 Å². The molecular weight excluding hydrogens is 300 g/mol. The van der Waals surface area contributed by atoms with Gasteiger partial charge in [0.25, 0.3) is 0 Å². The van der Waals surface area contributed by atoms with Gasteiger partial charge in [-0.25, -0.2) is 4.98 Å². The fourth-order valence-corrected chi connectivity index (χ4v) is 2.97. The third kappa shape index (κ3) is 4.44. The lowest BCUT2D eigenvalue weighted by Crippen LogP contribution is -2.46. The van der Waals surface area contributed by atoms with Gasteiger partial charge in [0, 0.05) is 38.6 Å². The summed E-state index contributed by atoms with van der Waals surface area (Å²) in [6, 6.07) is 9.13. The van der Waals surface area contributed by atoms with Crippen LogP contribution in [0.15, 0.2) is 47.8 Å². The van der Waals surface area contributed by atoms with Crippen molar-refractivity contribution in [3.05, 3.63) is 54.0 Å². The summed E-state index contributed by atoms with van der Waals surface area (Å²) >= 11 is 0. The Labute approximate surface area is 142 Å². The summed E-state index contributed by atoms with van der Waals surface area (Å²) in [5.74, 6) is 1.63. The van der Waals surface area contributed by atoms with Crippen LogP contribution in [0.4, 0.5) is 5.82 Å². The van der Waals surface area contributed by atoms with E-state index in [2.05, 4.69) is 55.2 Å². The van der Waals surface area contributed by atoms with Gasteiger partial charge in [-0.1, -0.05) is 24.3 Å². The second kappa shape index (κ2) is 8.29. The molecular formula is C18H24N6. The summed E-state index contributed by atoms with van der Waals surface area (Å²) < 4.78 is 0. The zero-order valence-electron chi connectivity index (χ0n) is 14.0. The van der Waals surface area contributed by atoms with E-state index in [9.17, 15) is 0 Å². The molecule has 0 bridgehead atoms. The molecule has 1 aromatic carbocycles. The van der Waals surface area contributed by atoms with Crippen LogP contribution < -0.4 is 16.0 Å². The first-order valence-electron chi connectivity index (χ1n) is 8.39. The molecule has 0 spiro atoms. The van der Waals surface area contributed by atoms with E-state index < -0.39 is 0 Å². The molecule has 1 aliphatic rings. The normalized spacial score (nSPS) is 17.0. The zero-order valence-corrected chi connectivity index (χ0v) is 14.0. The molecule has 0 radical (unpaired) electrons. The average Bonchev–Trinajstić information content (AvgIpc) is 2.65. The lowest BCUT2D eigenvalue weighted by molar-refractivity contribution is 0.521. The minimum Gasteiger partial charge on any atom is -0.367 e. The van der Waals surface area contributed by atoms with E-state index in [4.69, 9.17) is 0 Å². The molecule has 1 aliphatic carbocycles. The molecule has 0 amide bonds. The first-order chi connectivity index (χ1) is 11.8. The van der Waals surface area contributed by atoms with Gasteiger partial charge in [0.05, 0.1) is 6.20 Å². The third-order valence-electron chi connectivity index (χ3n) is 4.20. The van der Waals surface area contributed by atoms with Crippen molar-refractivity contribution < 1.29 is 0 Å². The van der Waals surface area contributed by atoms with Crippen LogP contribution in [0.25, 0.3) is 0 Å². The SMILES string of the molecule is CN=C(NCCNc1cnccn1)NC1CCc2ccccc2C1. The molecule has 6 nitrogen and oxygen atoms in total. The predicted octanol–water partition coefficient (Wildman–Crippen LogP) is 1.61. The number of hydrogen-bond donors (Lipinski definition) is 3. The number of rotatable bonds is 5. The van der Waals surface area contributed by atoms with Gasteiger partial charge in [-0.3, -0.25) is 9.98 Å². The molecule has 1 atom stereocenters. The van der Waals surface area contributed by atoms with Gasteiger partial charge in [0.15, 0.2) is 5.96 Å². The molecule has 1 aromatic heterocycles. The van der Waals surface area contributed by atoms with Crippen molar-refractivity contribution in [1.82, 2.24) is 20.6 Å². The molecule has 0 aliphatic heterocycles. The first-order valence-corrected chi connectivity index (χ1v) is 8.39. The highest BCUT2D eigenvalue weighted by Crippen LogP contribution is 2.20. The van der Waals surface area contributed by atoms with Crippen molar-refractivity contribution >= 4 is 11.8 Å². The van der Waals surface area contributed by atoms with Crippen molar-refractivity contribution in [2.75, 3.05) is 25.5 Å². The molecule has 1 heterocycles.